The number of anilines is 2. The van der Waals surface area contributed by atoms with E-state index in [1.54, 1.807) is 16.7 Å². The molecule has 0 atom stereocenters. The summed E-state index contributed by atoms with van der Waals surface area (Å²) in [4.78, 5) is 27.3. The largest absolute Gasteiger partial charge is 0.326 e. The number of benzene rings is 2. The number of carbonyl (C=O) groups excluding carboxylic acids is 2. The summed E-state index contributed by atoms with van der Waals surface area (Å²) < 4.78 is 0. The average Bonchev–Trinajstić information content (AvgIpc) is 2.60. The Kier molecular flexibility index (Phi) is 5.37. The lowest BCUT2D eigenvalue weighted by molar-refractivity contribution is -0.117. The normalized spacial score (nSPS) is 14.1. The van der Waals surface area contributed by atoms with Crippen LogP contribution in [-0.4, -0.2) is 24.1 Å². The van der Waals surface area contributed by atoms with Gasteiger partial charge in [-0.2, -0.15) is 0 Å². The second kappa shape index (κ2) is 7.54. The first-order valence-electron chi connectivity index (χ1n) is 8.77. The summed E-state index contributed by atoms with van der Waals surface area (Å²) in [6.45, 7) is 6.87. The Morgan fingerprint density at radius 3 is 2.50 bits per heavy atom. The number of hydrogen-bond donors (Lipinski definition) is 1. The van der Waals surface area contributed by atoms with E-state index in [1.807, 2.05) is 48.5 Å². The third kappa shape index (κ3) is 4.28. The Hall–Kier alpha value is -2.27. The van der Waals surface area contributed by atoms with Gasteiger partial charge in [0.2, 0.25) is 11.8 Å². The molecule has 3 rings (SSSR count). The molecule has 0 aromatic heterocycles. The Labute approximate surface area is 159 Å². The van der Waals surface area contributed by atoms with E-state index in [0.717, 1.165) is 16.3 Å². The Morgan fingerprint density at radius 2 is 1.81 bits per heavy atom. The van der Waals surface area contributed by atoms with Gasteiger partial charge in [-0.05, 0) is 35.2 Å². The molecule has 0 spiro atoms. The number of nitrogens with one attached hydrogen (secondary N) is 1. The van der Waals surface area contributed by atoms with Crippen LogP contribution in [0.15, 0.2) is 53.4 Å². The number of hydrogen-bond acceptors (Lipinski definition) is 3. The van der Waals surface area contributed by atoms with E-state index >= 15 is 0 Å². The molecule has 26 heavy (non-hydrogen) atoms. The van der Waals surface area contributed by atoms with Crippen molar-refractivity contribution in [2.45, 2.75) is 37.5 Å². The Balaban J connectivity index is 1.60. The van der Waals surface area contributed by atoms with Crippen molar-refractivity contribution in [1.82, 2.24) is 0 Å². The lowest BCUT2D eigenvalue weighted by atomic mass is 9.87. The lowest BCUT2D eigenvalue weighted by Gasteiger charge is -2.28. The molecule has 2 amide bonds. The van der Waals surface area contributed by atoms with Crippen LogP contribution in [-0.2, 0) is 15.0 Å². The fraction of sp³-hybridized carbons (Fsp3) is 0.333. The molecule has 1 aliphatic rings. The molecule has 0 bridgehead atoms. The van der Waals surface area contributed by atoms with Gasteiger partial charge in [-0.25, -0.2) is 0 Å². The second-order valence-corrected chi connectivity index (χ2v) is 8.44. The highest BCUT2D eigenvalue weighted by atomic mass is 32.2. The molecule has 0 saturated heterocycles. The molecule has 1 heterocycles. The van der Waals surface area contributed by atoms with Crippen LogP contribution in [0.3, 0.4) is 0 Å². The zero-order chi connectivity index (χ0) is 18.7. The molecular formula is C21H24N2O2S. The summed E-state index contributed by atoms with van der Waals surface area (Å²) >= 11 is 1.55. The topological polar surface area (TPSA) is 49.4 Å². The minimum absolute atomic E-state index is 0.0519. The highest BCUT2D eigenvalue weighted by Crippen LogP contribution is 2.34. The quantitative estimate of drug-likeness (QED) is 0.867. The van der Waals surface area contributed by atoms with Crippen molar-refractivity contribution in [3.05, 3.63) is 54.1 Å². The minimum Gasteiger partial charge on any atom is -0.326 e. The van der Waals surface area contributed by atoms with Crippen LogP contribution < -0.4 is 10.2 Å². The van der Waals surface area contributed by atoms with E-state index in [4.69, 9.17) is 0 Å². The number of fused-ring (bicyclic) bond motifs is 1. The summed E-state index contributed by atoms with van der Waals surface area (Å²) in [6.07, 6.45) is 0.270. The predicted molar refractivity (Wildman–Crippen MR) is 108 cm³/mol. The fourth-order valence-electron chi connectivity index (χ4n) is 2.89. The van der Waals surface area contributed by atoms with Gasteiger partial charge in [-0.15, -0.1) is 11.8 Å². The lowest BCUT2D eigenvalue weighted by Crippen LogP contribution is -2.37. The fourth-order valence-corrected chi connectivity index (χ4v) is 3.83. The summed E-state index contributed by atoms with van der Waals surface area (Å²) in [7, 11) is 0. The van der Waals surface area contributed by atoms with Gasteiger partial charge in [0.05, 0.1) is 11.4 Å². The van der Waals surface area contributed by atoms with Crippen LogP contribution in [0.5, 0.6) is 0 Å². The highest BCUT2D eigenvalue weighted by molar-refractivity contribution is 8.00. The highest BCUT2D eigenvalue weighted by Gasteiger charge is 2.24. The van der Waals surface area contributed by atoms with Crippen LogP contribution >= 0.6 is 11.8 Å². The van der Waals surface area contributed by atoms with Crippen molar-refractivity contribution in [1.29, 1.82) is 0 Å². The molecule has 2 aromatic carbocycles. The van der Waals surface area contributed by atoms with Crippen LogP contribution in [0.25, 0.3) is 0 Å². The average molecular weight is 369 g/mol. The maximum absolute atomic E-state index is 12.3. The molecule has 0 radical (unpaired) electrons. The van der Waals surface area contributed by atoms with E-state index in [1.165, 1.54) is 5.56 Å². The van der Waals surface area contributed by atoms with Gasteiger partial charge in [-0.3, -0.25) is 9.59 Å². The Bertz CT molecular complexity index is 810. The van der Waals surface area contributed by atoms with Crippen molar-refractivity contribution in [2.24, 2.45) is 0 Å². The molecule has 0 unspecified atom stereocenters. The maximum Gasteiger partial charge on any atom is 0.237 e. The van der Waals surface area contributed by atoms with E-state index in [9.17, 15) is 9.59 Å². The first-order valence-corrected chi connectivity index (χ1v) is 9.76. The molecule has 136 valence electrons. The van der Waals surface area contributed by atoms with E-state index < -0.39 is 0 Å². The molecule has 1 N–H and O–H groups in total. The monoisotopic (exact) mass is 368 g/mol. The Morgan fingerprint density at radius 1 is 1.12 bits per heavy atom. The van der Waals surface area contributed by atoms with E-state index in [-0.39, 0.29) is 23.7 Å². The van der Waals surface area contributed by atoms with Gasteiger partial charge < -0.3 is 10.2 Å². The van der Waals surface area contributed by atoms with Gasteiger partial charge in [0.15, 0.2) is 0 Å². The van der Waals surface area contributed by atoms with Crippen LogP contribution in [0, 0.1) is 0 Å². The van der Waals surface area contributed by atoms with Crippen molar-refractivity contribution in [2.75, 3.05) is 22.5 Å². The smallest absolute Gasteiger partial charge is 0.237 e. The van der Waals surface area contributed by atoms with Crippen LogP contribution in [0.1, 0.15) is 32.8 Å². The predicted octanol–water partition coefficient (Wildman–Crippen LogP) is 4.45. The maximum atomic E-state index is 12.3. The molecule has 2 aromatic rings. The molecule has 0 aliphatic carbocycles. The van der Waals surface area contributed by atoms with Crippen LogP contribution in [0.2, 0.25) is 0 Å². The number of nitrogens with zero attached hydrogens (tertiary/aromatic N) is 1. The molecule has 0 fully saturated rings. The van der Waals surface area contributed by atoms with Crippen molar-refractivity contribution >= 4 is 35.0 Å². The number of rotatable bonds is 4. The number of carbonyl (C=O) groups is 2. The summed E-state index contributed by atoms with van der Waals surface area (Å²) in [5, 5.41) is 2.92. The zero-order valence-corrected chi connectivity index (χ0v) is 16.2. The van der Waals surface area contributed by atoms with Gasteiger partial charge >= 0.3 is 0 Å². The van der Waals surface area contributed by atoms with Gasteiger partial charge in [0.25, 0.3) is 0 Å². The van der Waals surface area contributed by atoms with E-state index in [2.05, 4.69) is 26.1 Å². The summed E-state index contributed by atoms with van der Waals surface area (Å²) in [5.41, 5.74) is 2.99. The van der Waals surface area contributed by atoms with Crippen LogP contribution in [0.4, 0.5) is 11.4 Å². The zero-order valence-electron chi connectivity index (χ0n) is 15.4. The standard InChI is InChI=1S/C21H24N2O2S/c1-21(2,3)15-8-10-16(11-9-15)22-19(24)12-13-23-17-6-4-5-7-18(17)26-14-20(23)25/h4-11H,12-14H2,1-3H3,(H,22,24). The third-order valence-corrected chi connectivity index (χ3v) is 5.45. The molecule has 4 nitrogen and oxygen atoms in total. The molecular weight excluding hydrogens is 344 g/mol. The first kappa shape index (κ1) is 18.5. The van der Waals surface area contributed by atoms with Gasteiger partial charge in [-0.1, -0.05) is 45.0 Å². The summed E-state index contributed by atoms with van der Waals surface area (Å²) in [6, 6.07) is 15.8. The SMILES string of the molecule is CC(C)(C)c1ccc(NC(=O)CCN2C(=O)CSc3ccccc32)cc1. The second-order valence-electron chi connectivity index (χ2n) is 7.43. The number of amides is 2. The molecule has 0 saturated carbocycles. The number of thioether (sulfide) groups is 1. The number of para-hydroxylation sites is 1. The molecule has 1 aliphatic heterocycles. The van der Waals surface area contributed by atoms with Crippen molar-refractivity contribution < 1.29 is 9.59 Å². The van der Waals surface area contributed by atoms with E-state index in [0.29, 0.717) is 12.3 Å². The van der Waals surface area contributed by atoms with Gasteiger partial charge in [0, 0.05) is 23.5 Å². The summed E-state index contributed by atoms with van der Waals surface area (Å²) in [5.74, 6) is 0.389. The van der Waals surface area contributed by atoms with Gasteiger partial charge in [0.1, 0.15) is 0 Å². The first-order chi connectivity index (χ1) is 12.3. The van der Waals surface area contributed by atoms with Crippen molar-refractivity contribution in [3.63, 3.8) is 0 Å². The third-order valence-electron chi connectivity index (χ3n) is 4.41. The molecule has 5 heteroatoms. The minimum atomic E-state index is -0.0861. The van der Waals surface area contributed by atoms with Crippen molar-refractivity contribution in [3.8, 4) is 0 Å².